The molecule has 1 fully saturated rings. The van der Waals surface area contributed by atoms with E-state index in [0.717, 1.165) is 16.0 Å². The van der Waals surface area contributed by atoms with Gasteiger partial charge in [0, 0.05) is 24.4 Å². The van der Waals surface area contributed by atoms with E-state index >= 15 is 0 Å². The first-order chi connectivity index (χ1) is 10.7. The lowest BCUT2D eigenvalue weighted by atomic mass is 10.0. The van der Waals surface area contributed by atoms with E-state index in [4.69, 9.17) is 0 Å². The molecule has 2 amide bonds. The van der Waals surface area contributed by atoms with Gasteiger partial charge in [-0.25, -0.2) is 13.8 Å². The van der Waals surface area contributed by atoms with Crippen LogP contribution in [0.1, 0.15) is 22.0 Å². The first kappa shape index (κ1) is 17.5. The fourth-order valence-electron chi connectivity index (χ4n) is 2.52. The van der Waals surface area contributed by atoms with Crippen molar-refractivity contribution in [3.05, 3.63) is 28.2 Å². The van der Waals surface area contributed by atoms with E-state index in [1.807, 2.05) is 13.8 Å². The van der Waals surface area contributed by atoms with Crippen LogP contribution in [0.25, 0.3) is 0 Å². The van der Waals surface area contributed by atoms with Gasteiger partial charge in [-0.05, 0) is 19.9 Å². The molecule has 0 radical (unpaired) electrons. The molecule has 0 aromatic carbocycles. The van der Waals surface area contributed by atoms with Crippen LogP contribution in [0.5, 0.6) is 0 Å². The van der Waals surface area contributed by atoms with Crippen LogP contribution in [0.4, 0.5) is 8.78 Å². The lowest BCUT2D eigenvalue weighted by molar-refractivity contribution is -0.140. The Morgan fingerprint density at radius 2 is 2.22 bits per heavy atom. The van der Waals surface area contributed by atoms with E-state index in [2.05, 4.69) is 16.9 Å². The normalized spacial score (nSPS) is 20.2. The second-order valence-corrected chi connectivity index (χ2v) is 6.94. The lowest BCUT2D eigenvalue weighted by Gasteiger charge is -2.38. The summed E-state index contributed by atoms with van der Waals surface area (Å²) < 4.78 is 28.0. The molecular weight excluding hydrogens is 324 g/mol. The molecule has 0 unspecified atom stereocenters. The molecule has 1 aliphatic heterocycles. The minimum atomic E-state index is -3.04. The number of rotatable bonds is 4. The minimum absolute atomic E-state index is 0.0435. The van der Waals surface area contributed by atoms with Crippen LogP contribution in [0.15, 0.2) is 12.7 Å². The van der Waals surface area contributed by atoms with Crippen molar-refractivity contribution >= 4 is 23.2 Å². The predicted octanol–water partition coefficient (Wildman–Crippen LogP) is 1.84. The van der Waals surface area contributed by atoms with E-state index in [-0.39, 0.29) is 19.5 Å². The van der Waals surface area contributed by atoms with Crippen LogP contribution in [0, 0.1) is 13.8 Å². The van der Waals surface area contributed by atoms with Crippen LogP contribution >= 0.6 is 11.3 Å². The molecular formula is C15H19F2N3O2S. The largest absolute Gasteiger partial charge is 0.345 e. The Labute approximate surface area is 137 Å². The Bertz CT molecular complexity index is 630. The summed E-state index contributed by atoms with van der Waals surface area (Å²) in [4.78, 5) is 30.1. The molecule has 1 aromatic rings. The van der Waals surface area contributed by atoms with Crippen molar-refractivity contribution in [3.63, 3.8) is 0 Å². The molecule has 2 rings (SSSR count). The highest BCUT2D eigenvalue weighted by Gasteiger charge is 2.45. The molecule has 23 heavy (non-hydrogen) atoms. The fourth-order valence-corrected chi connectivity index (χ4v) is 3.35. The quantitative estimate of drug-likeness (QED) is 0.849. The van der Waals surface area contributed by atoms with E-state index < -0.39 is 30.2 Å². The Hall–Kier alpha value is -1.83. The van der Waals surface area contributed by atoms with Gasteiger partial charge in [-0.15, -0.1) is 11.3 Å². The molecule has 1 N–H and O–H groups in total. The average molecular weight is 343 g/mol. The zero-order valence-corrected chi connectivity index (χ0v) is 13.9. The predicted molar refractivity (Wildman–Crippen MR) is 83.6 cm³/mol. The monoisotopic (exact) mass is 343 g/mol. The average Bonchev–Trinajstić information content (AvgIpc) is 2.78. The number of nitrogens with one attached hydrogen (secondary N) is 1. The standard InChI is InChI=1S/C15H19F2N3O2S/c1-4-14(22)20-6-5-15(16,17)12(8-20)19-13(21)7-11-9(2)23-10(3)18-11/h4,12H,1,5-8H2,2-3H3,(H,19,21)/t12-/m1/s1. The van der Waals surface area contributed by atoms with Gasteiger partial charge in [0.1, 0.15) is 6.04 Å². The van der Waals surface area contributed by atoms with Gasteiger partial charge in [0.2, 0.25) is 11.8 Å². The van der Waals surface area contributed by atoms with Crippen molar-refractivity contribution in [1.29, 1.82) is 0 Å². The maximum atomic E-state index is 14.0. The summed E-state index contributed by atoms with van der Waals surface area (Å²) in [6, 6.07) is -1.40. The first-order valence-corrected chi connectivity index (χ1v) is 8.06. The fraction of sp³-hybridized carbons (Fsp3) is 0.533. The molecule has 1 saturated heterocycles. The number of alkyl halides is 2. The van der Waals surface area contributed by atoms with Crippen molar-refractivity contribution < 1.29 is 18.4 Å². The van der Waals surface area contributed by atoms with Gasteiger partial charge in [0.05, 0.1) is 17.1 Å². The molecule has 126 valence electrons. The van der Waals surface area contributed by atoms with Crippen LogP contribution in [-0.4, -0.2) is 46.8 Å². The topological polar surface area (TPSA) is 62.3 Å². The third-order valence-electron chi connectivity index (χ3n) is 3.78. The minimum Gasteiger partial charge on any atom is -0.345 e. The number of hydrogen-bond donors (Lipinski definition) is 1. The summed E-state index contributed by atoms with van der Waals surface area (Å²) in [6.07, 6.45) is 0.564. The number of carbonyl (C=O) groups is 2. The molecule has 1 aliphatic rings. The summed E-state index contributed by atoms with van der Waals surface area (Å²) in [5, 5.41) is 3.18. The number of halogens is 2. The van der Waals surface area contributed by atoms with Gasteiger partial charge in [0.15, 0.2) is 0 Å². The zero-order chi connectivity index (χ0) is 17.2. The number of nitrogens with zero attached hydrogens (tertiary/aromatic N) is 2. The van der Waals surface area contributed by atoms with Gasteiger partial charge in [-0.3, -0.25) is 9.59 Å². The molecule has 2 heterocycles. The van der Waals surface area contributed by atoms with Crippen molar-refractivity contribution in [2.75, 3.05) is 13.1 Å². The van der Waals surface area contributed by atoms with Crippen LogP contribution < -0.4 is 5.32 Å². The van der Waals surface area contributed by atoms with Gasteiger partial charge in [-0.2, -0.15) is 0 Å². The third-order valence-corrected chi connectivity index (χ3v) is 4.71. The number of thiazole rings is 1. The highest BCUT2D eigenvalue weighted by Crippen LogP contribution is 2.28. The molecule has 0 bridgehead atoms. The summed E-state index contributed by atoms with van der Waals surface area (Å²) in [5.74, 6) is -3.97. The van der Waals surface area contributed by atoms with Crippen molar-refractivity contribution in [2.45, 2.75) is 38.7 Å². The molecule has 8 heteroatoms. The number of aryl methyl sites for hydroxylation is 2. The lowest BCUT2D eigenvalue weighted by Crippen LogP contribution is -2.59. The van der Waals surface area contributed by atoms with Crippen molar-refractivity contribution in [3.8, 4) is 0 Å². The van der Waals surface area contributed by atoms with Crippen LogP contribution in [-0.2, 0) is 16.0 Å². The molecule has 5 nitrogen and oxygen atoms in total. The van der Waals surface area contributed by atoms with Crippen molar-refractivity contribution in [1.82, 2.24) is 15.2 Å². The smallest absolute Gasteiger partial charge is 0.271 e. The highest BCUT2D eigenvalue weighted by atomic mass is 32.1. The molecule has 0 saturated carbocycles. The maximum Gasteiger partial charge on any atom is 0.271 e. The van der Waals surface area contributed by atoms with Gasteiger partial charge < -0.3 is 10.2 Å². The number of aromatic nitrogens is 1. The van der Waals surface area contributed by atoms with Gasteiger partial charge in [-0.1, -0.05) is 6.58 Å². The second kappa shape index (κ2) is 6.74. The van der Waals surface area contributed by atoms with E-state index in [1.165, 1.54) is 16.2 Å². The number of amides is 2. The Kier molecular flexibility index (Phi) is 5.13. The van der Waals surface area contributed by atoms with Gasteiger partial charge in [0.25, 0.3) is 5.92 Å². The summed E-state index contributed by atoms with van der Waals surface area (Å²) in [5.41, 5.74) is 0.600. The van der Waals surface area contributed by atoms with Gasteiger partial charge >= 0.3 is 0 Å². The number of piperidine rings is 1. The molecule has 1 aromatic heterocycles. The summed E-state index contributed by atoms with van der Waals surface area (Å²) in [6.45, 7) is 6.75. The Morgan fingerprint density at radius 3 is 2.78 bits per heavy atom. The zero-order valence-electron chi connectivity index (χ0n) is 13.1. The van der Waals surface area contributed by atoms with E-state index in [1.54, 1.807) is 0 Å². The van der Waals surface area contributed by atoms with Crippen LogP contribution in [0.3, 0.4) is 0 Å². The number of hydrogen-bond acceptors (Lipinski definition) is 4. The SMILES string of the molecule is C=CC(=O)N1CCC(F)(F)[C@H](NC(=O)Cc2nc(C)sc2C)C1. The highest BCUT2D eigenvalue weighted by molar-refractivity contribution is 7.11. The number of likely N-dealkylation sites (tertiary alicyclic amines) is 1. The number of carbonyl (C=O) groups excluding carboxylic acids is 2. The maximum absolute atomic E-state index is 14.0. The molecule has 0 aliphatic carbocycles. The summed E-state index contributed by atoms with van der Waals surface area (Å²) in [7, 11) is 0. The van der Waals surface area contributed by atoms with E-state index in [0.29, 0.717) is 5.69 Å². The Balaban J connectivity index is 2.03. The van der Waals surface area contributed by atoms with Crippen molar-refractivity contribution in [2.24, 2.45) is 0 Å². The third kappa shape index (κ3) is 4.13. The molecule has 1 atom stereocenters. The Morgan fingerprint density at radius 1 is 1.52 bits per heavy atom. The van der Waals surface area contributed by atoms with Crippen LogP contribution in [0.2, 0.25) is 0 Å². The second-order valence-electron chi connectivity index (χ2n) is 5.53. The summed E-state index contributed by atoms with van der Waals surface area (Å²) >= 11 is 1.46. The van der Waals surface area contributed by atoms with E-state index in [9.17, 15) is 18.4 Å². The first-order valence-electron chi connectivity index (χ1n) is 7.24. The molecule has 0 spiro atoms.